The van der Waals surface area contributed by atoms with Crippen molar-refractivity contribution in [2.24, 2.45) is 0 Å². The molecule has 0 aromatic carbocycles. The molecule has 1 N–H and O–H groups in total. The third kappa shape index (κ3) is 3.26. The van der Waals surface area contributed by atoms with Crippen LogP contribution in [0.25, 0.3) is 0 Å². The van der Waals surface area contributed by atoms with Gasteiger partial charge in [-0.15, -0.1) is 0 Å². The zero-order valence-electron chi connectivity index (χ0n) is 13.7. The summed E-state index contributed by atoms with van der Waals surface area (Å²) in [5.74, 6) is 0.320. The highest BCUT2D eigenvalue weighted by molar-refractivity contribution is 6.74. The second-order valence-corrected chi connectivity index (χ2v) is 12.4. The van der Waals surface area contributed by atoms with Crippen LogP contribution >= 0.6 is 0 Å². The van der Waals surface area contributed by atoms with E-state index in [1.165, 1.54) is 0 Å². The minimum Gasteiger partial charge on any atom is -0.411 e. The van der Waals surface area contributed by atoms with E-state index in [9.17, 15) is 4.79 Å². The predicted molar refractivity (Wildman–Crippen MR) is 84.3 cm³/mol. The molecule has 2 saturated heterocycles. The molecule has 2 heterocycles. The number of likely N-dealkylation sites (tertiary alicyclic amines) is 1. The lowest BCUT2D eigenvalue weighted by Crippen LogP contribution is -2.58. The molecule has 2 aliphatic rings. The Hall–Kier alpha value is -0.393. The van der Waals surface area contributed by atoms with Gasteiger partial charge >= 0.3 is 0 Å². The fourth-order valence-corrected chi connectivity index (χ4v) is 4.22. The zero-order valence-corrected chi connectivity index (χ0v) is 14.7. The monoisotopic (exact) mass is 298 g/mol. The van der Waals surface area contributed by atoms with E-state index < -0.39 is 8.32 Å². The molecule has 20 heavy (non-hydrogen) atoms. The summed E-state index contributed by atoms with van der Waals surface area (Å²) >= 11 is 0. The molecule has 0 aromatic rings. The van der Waals surface area contributed by atoms with Gasteiger partial charge < -0.3 is 14.6 Å². The summed E-state index contributed by atoms with van der Waals surface area (Å²) in [4.78, 5) is 14.1. The van der Waals surface area contributed by atoms with Crippen molar-refractivity contribution in [3.8, 4) is 0 Å². The van der Waals surface area contributed by atoms with Gasteiger partial charge in [0.1, 0.15) is 0 Å². The van der Waals surface area contributed by atoms with Crippen LogP contribution in [-0.2, 0) is 9.22 Å². The highest BCUT2D eigenvalue weighted by atomic mass is 28.4. The third-order valence-corrected chi connectivity index (χ3v) is 9.66. The molecule has 2 atom stereocenters. The van der Waals surface area contributed by atoms with Crippen molar-refractivity contribution < 1.29 is 9.22 Å². The van der Waals surface area contributed by atoms with Crippen LogP contribution in [0.15, 0.2) is 0 Å². The maximum absolute atomic E-state index is 12.0. The van der Waals surface area contributed by atoms with E-state index in [0.717, 1.165) is 38.9 Å². The second-order valence-electron chi connectivity index (χ2n) is 7.67. The van der Waals surface area contributed by atoms with Gasteiger partial charge in [0, 0.05) is 19.5 Å². The molecule has 2 rings (SSSR count). The lowest BCUT2D eigenvalue weighted by atomic mass is 10.0. The first-order valence-corrected chi connectivity index (χ1v) is 10.8. The van der Waals surface area contributed by atoms with Crippen LogP contribution in [0.2, 0.25) is 18.1 Å². The summed E-state index contributed by atoms with van der Waals surface area (Å²) < 4.78 is 6.60. The average molecular weight is 299 g/mol. The van der Waals surface area contributed by atoms with Gasteiger partial charge in [-0.2, -0.15) is 0 Å². The Bertz CT molecular complexity index is 365. The van der Waals surface area contributed by atoms with Crippen molar-refractivity contribution in [1.82, 2.24) is 10.2 Å². The molecule has 4 nitrogen and oxygen atoms in total. The predicted octanol–water partition coefficient (Wildman–Crippen LogP) is 2.36. The molecule has 5 heteroatoms. The summed E-state index contributed by atoms with van der Waals surface area (Å²) in [6.07, 6.45) is 2.91. The minimum absolute atomic E-state index is 0.159. The second kappa shape index (κ2) is 5.77. The SMILES string of the molecule is CC(C)(C)[Si](C)(C)OC1CNCCC1N1CCCC1=O. The van der Waals surface area contributed by atoms with Crippen LogP contribution < -0.4 is 5.32 Å². The zero-order chi connectivity index (χ0) is 15.0. The fourth-order valence-electron chi connectivity index (χ4n) is 2.87. The van der Waals surface area contributed by atoms with Gasteiger partial charge in [-0.3, -0.25) is 4.79 Å². The molecule has 0 saturated carbocycles. The maximum atomic E-state index is 12.0. The standard InChI is InChI=1S/C15H30N2O2Si/c1-15(2,3)20(4,5)19-13-11-16-9-8-12(13)17-10-6-7-14(17)18/h12-13,16H,6-11H2,1-5H3. The molecule has 116 valence electrons. The normalized spacial score (nSPS) is 29.1. The molecule has 2 unspecified atom stereocenters. The number of amides is 1. The first-order chi connectivity index (χ1) is 9.22. The Morgan fingerprint density at radius 2 is 2.05 bits per heavy atom. The van der Waals surface area contributed by atoms with Crippen molar-refractivity contribution in [2.45, 2.75) is 70.3 Å². The van der Waals surface area contributed by atoms with Gasteiger partial charge in [0.15, 0.2) is 8.32 Å². The number of nitrogens with one attached hydrogen (secondary N) is 1. The molecular weight excluding hydrogens is 268 g/mol. The van der Waals surface area contributed by atoms with Crippen molar-refractivity contribution in [1.29, 1.82) is 0 Å². The fraction of sp³-hybridized carbons (Fsp3) is 0.933. The molecule has 0 aliphatic carbocycles. The summed E-state index contributed by atoms with van der Waals surface area (Å²) in [7, 11) is -1.79. The quantitative estimate of drug-likeness (QED) is 0.813. The number of carbonyl (C=O) groups is 1. The van der Waals surface area contributed by atoms with E-state index in [1.807, 2.05) is 0 Å². The summed E-state index contributed by atoms with van der Waals surface area (Å²) in [5.41, 5.74) is 0. The summed E-state index contributed by atoms with van der Waals surface area (Å²) in [6.45, 7) is 14.2. The van der Waals surface area contributed by atoms with Crippen LogP contribution in [0.1, 0.15) is 40.0 Å². The molecule has 2 fully saturated rings. The molecular formula is C15H30N2O2Si. The van der Waals surface area contributed by atoms with Crippen molar-refractivity contribution in [3.05, 3.63) is 0 Å². The third-order valence-electron chi connectivity index (χ3n) is 5.15. The highest BCUT2D eigenvalue weighted by Gasteiger charge is 2.43. The lowest BCUT2D eigenvalue weighted by molar-refractivity contribution is -0.132. The van der Waals surface area contributed by atoms with Crippen molar-refractivity contribution in [2.75, 3.05) is 19.6 Å². The van der Waals surface area contributed by atoms with Gasteiger partial charge in [0.2, 0.25) is 5.91 Å². The number of carbonyl (C=O) groups excluding carboxylic acids is 1. The topological polar surface area (TPSA) is 41.6 Å². The van der Waals surface area contributed by atoms with E-state index in [0.29, 0.717) is 5.91 Å². The Morgan fingerprint density at radius 3 is 2.60 bits per heavy atom. The minimum atomic E-state index is -1.79. The average Bonchev–Trinajstić information content (AvgIpc) is 2.74. The van der Waals surface area contributed by atoms with Gasteiger partial charge in [-0.05, 0) is 37.5 Å². The molecule has 0 radical (unpaired) electrons. The first-order valence-electron chi connectivity index (χ1n) is 7.90. The largest absolute Gasteiger partial charge is 0.411 e. The number of piperidine rings is 1. The first kappa shape index (κ1) is 16.0. The van der Waals surface area contributed by atoms with Gasteiger partial charge in [0.05, 0.1) is 12.1 Å². The van der Waals surface area contributed by atoms with E-state index in [-0.39, 0.29) is 17.2 Å². The Labute approximate surface area is 124 Å². The van der Waals surface area contributed by atoms with Crippen LogP contribution in [-0.4, -0.2) is 50.9 Å². The number of rotatable bonds is 3. The van der Waals surface area contributed by atoms with Crippen LogP contribution in [0, 0.1) is 0 Å². The van der Waals surface area contributed by atoms with Crippen LogP contribution in [0.3, 0.4) is 0 Å². The molecule has 0 aromatic heterocycles. The summed E-state index contributed by atoms with van der Waals surface area (Å²) in [5, 5.41) is 3.65. The highest BCUT2D eigenvalue weighted by Crippen LogP contribution is 2.38. The van der Waals surface area contributed by atoms with E-state index in [2.05, 4.69) is 44.1 Å². The van der Waals surface area contributed by atoms with E-state index >= 15 is 0 Å². The number of nitrogens with zero attached hydrogens (tertiary/aromatic N) is 1. The smallest absolute Gasteiger partial charge is 0.222 e. The number of hydrogen-bond acceptors (Lipinski definition) is 3. The lowest BCUT2D eigenvalue weighted by Gasteiger charge is -2.45. The van der Waals surface area contributed by atoms with Gasteiger partial charge in [-0.1, -0.05) is 20.8 Å². The van der Waals surface area contributed by atoms with Crippen molar-refractivity contribution in [3.63, 3.8) is 0 Å². The Morgan fingerprint density at radius 1 is 1.35 bits per heavy atom. The van der Waals surface area contributed by atoms with Gasteiger partial charge in [0.25, 0.3) is 0 Å². The Kier molecular flexibility index (Phi) is 4.62. The maximum Gasteiger partial charge on any atom is 0.222 e. The van der Waals surface area contributed by atoms with Crippen LogP contribution in [0.5, 0.6) is 0 Å². The molecule has 2 aliphatic heterocycles. The van der Waals surface area contributed by atoms with E-state index in [4.69, 9.17) is 4.43 Å². The molecule has 0 bridgehead atoms. The molecule has 1 amide bonds. The van der Waals surface area contributed by atoms with Crippen molar-refractivity contribution >= 4 is 14.2 Å². The van der Waals surface area contributed by atoms with Gasteiger partial charge in [-0.25, -0.2) is 0 Å². The number of hydrogen-bond donors (Lipinski definition) is 1. The van der Waals surface area contributed by atoms with Crippen LogP contribution in [0.4, 0.5) is 0 Å². The Balaban J connectivity index is 2.09. The molecule has 0 spiro atoms. The van der Waals surface area contributed by atoms with E-state index in [1.54, 1.807) is 0 Å². The summed E-state index contributed by atoms with van der Waals surface area (Å²) in [6, 6.07) is 0.278.